The molecule has 1 N–H and O–H groups in total. The Balaban J connectivity index is 2.39. The first-order valence-electron chi connectivity index (χ1n) is 5.92. The standard InChI is InChI=1S/C12H24O/c1-3-11(4-2)10-12(13)8-6-5-7-9-12/h11,13H,3-10H2,1-2H3. The van der Waals surface area contributed by atoms with E-state index in [1.54, 1.807) is 0 Å². The normalized spacial score (nSPS) is 22.2. The van der Waals surface area contributed by atoms with Crippen LogP contribution in [0.25, 0.3) is 0 Å². The summed E-state index contributed by atoms with van der Waals surface area (Å²) < 4.78 is 0. The average Bonchev–Trinajstić information content (AvgIpc) is 2.15. The van der Waals surface area contributed by atoms with Crippen LogP contribution >= 0.6 is 0 Å². The Morgan fingerprint density at radius 3 is 2.08 bits per heavy atom. The van der Waals surface area contributed by atoms with Crippen molar-refractivity contribution in [2.45, 2.75) is 70.8 Å². The predicted octanol–water partition coefficient (Wildman–Crippen LogP) is 3.51. The highest BCUT2D eigenvalue weighted by molar-refractivity contribution is 4.84. The lowest BCUT2D eigenvalue weighted by Crippen LogP contribution is -2.33. The van der Waals surface area contributed by atoms with Crippen molar-refractivity contribution < 1.29 is 5.11 Å². The molecule has 0 amide bonds. The quantitative estimate of drug-likeness (QED) is 0.709. The molecule has 1 saturated carbocycles. The molecule has 0 heterocycles. The maximum atomic E-state index is 10.3. The van der Waals surface area contributed by atoms with Crippen LogP contribution in [0.2, 0.25) is 0 Å². The molecule has 1 rings (SSSR count). The van der Waals surface area contributed by atoms with E-state index in [-0.39, 0.29) is 5.60 Å². The van der Waals surface area contributed by atoms with Gasteiger partial charge in [-0.2, -0.15) is 0 Å². The molecule has 1 fully saturated rings. The molecule has 0 bridgehead atoms. The summed E-state index contributed by atoms with van der Waals surface area (Å²) in [5.74, 6) is 0.739. The average molecular weight is 184 g/mol. The van der Waals surface area contributed by atoms with Gasteiger partial charge in [-0.25, -0.2) is 0 Å². The summed E-state index contributed by atoms with van der Waals surface area (Å²) in [6.07, 6.45) is 9.36. The van der Waals surface area contributed by atoms with Crippen molar-refractivity contribution in [2.24, 2.45) is 5.92 Å². The minimum Gasteiger partial charge on any atom is -0.390 e. The molecule has 0 atom stereocenters. The van der Waals surface area contributed by atoms with Crippen LogP contribution in [0.4, 0.5) is 0 Å². The van der Waals surface area contributed by atoms with Crippen molar-refractivity contribution >= 4 is 0 Å². The van der Waals surface area contributed by atoms with Crippen LogP contribution < -0.4 is 0 Å². The molecule has 0 aromatic rings. The smallest absolute Gasteiger partial charge is 0.0650 e. The topological polar surface area (TPSA) is 20.2 Å². The van der Waals surface area contributed by atoms with Gasteiger partial charge in [-0.15, -0.1) is 0 Å². The molecule has 0 saturated heterocycles. The van der Waals surface area contributed by atoms with E-state index in [1.807, 2.05) is 0 Å². The molecular weight excluding hydrogens is 160 g/mol. The van der Waals surface area contributed by atoms with E-state index in [4.69, 9.17) is 0 Å². The Morgan fingerprint density at radius 2 is 1.62 bits per heavy atom. The molecule has 1 heteroatoms. The molecule has 0 spiro atoms. The van der Waals surface area contributed by atoms with Crippen molar-refractivity contribution in [3.8, 4) is 0 Å². The van der Waals surface area contributed by atoms with Gasteiger partial charge in [0.05, 0.1) is 5.60 Å². The molecule has 0 unspecified atom stereocenters. The Hall–Kier alpha value is -0.0400. The van der Waals surface area contributed by atoms with Crippen LogP contribution in [0.15, 0.2) is 0 Å². The number of rotatable bonds is 4. The van der Waals surface area contributed by atoms with Crippen LogP contribution in [0.5, 0.6) is 0 Å². The third-order valence-electron chi connectivity index (χ3n) is 3.61. The van der Waals surface area contributed by atoms with Crippen LogP contribution in [-0.4, -0.2) is 10.7 Å². The molecule has 1 aliphatic carbocycles. The van der Waals surface area contributed by atoms with E-state index >= 15 is 0 Å². The van der Waals surface area contributed by atoms with Gasteiger partial charge in [0.2, 0.25) is 0 Å². The molecule has 0 aromatic heterocycles. The van der Waals surface area contributed by atoms with Gasteiger partial charge >= 0.3 is 0 Å². The van der Waals surface area contributed by atoms with Gasteiger partial charge in [-0.05, 0) is 25.2 Å². The molecule has 0 aromatic carbocycles. The van der Waals surface area contributed by atoms with Crippen LogP contribution in [0.1, 0.15) is 65.2 Å². The van der Waals surface area contributed by atoms with E-state index in [9.17, 15) is 5.11 Å². The number of hydrogen-bond acceptors (Lipinski definition) is 1. The molecular formula is C12H24O. The lowest BCUT2D eigenvalue weighted by atomic mass is 9.77. The molecule has 13 heavy (non-hydrogen) atoms. The summed E-state index contributed by atoms with van der Waals surface area (Å²) in [6.45, 7) is 4.47. The summed E-state index contributed by atoms with van der Waals surface area (Å²) in [6, 6.07) is 0. The zero-order valence-electron chi connectivity index (χ0n) is 9.18. The Labute approximate surface area is 82.5 Å². The minimum absolute atomic E-state index is 0.297. The van der Waals surface area contributed by atoms with Crippen molar-refractivity contribution in [3.05, 3.63) is 0 Å². The Bertz CT molecular complexity index is 132. The monoisotopic (exact) mass is 184 g/mol. The Kier molecular flexibility index (Phi) is 4.24. The van der Waals surface area contributed by atoms with Crippen LogP contribution in [-0.2, 0) is 0 Å². The zero-order chi connectivity index (χ0) is 9.73. The van der Waals surface area contributed by atoms with Gasteiger partial charge in [0, 0.05) is 0 Å². The van der Waals surface area contributed by atoms with E-state index < -0.39 is 0 Å². The summed E-state index contributed by atoms with van der Waals surface area (Å²) in [5.41, 5.74) is -0.297. The maximum absolute atomic E-state index is 10.3. The summed E-state index contributed by atoms with van der Waals surface area (Å²) >= 11 is 0. The van der Waals surface area contributed by atoms with Crippen molar-refractivity contribution in [1.29, 1.82) is 0 Å². The summed E-state index contributed by atoms with van der Waals surface area (Å²) in [5, 5.41) is 10.3. The van der Waals surface area contributed by atoms with Crippen LogP contribution in [0, 0.1) is 5.92 Å². The van der Waals surface area contributed by atoms with E-state index in [2.05, 4.69) is 13.8 Å². The summed E-state index contributed by atoms with van der Waals surface area (Å²) in [7, 11) is 0. The van der Waals surface area contributed by atoms with Gasteiger partial charge in [0.1, 0.15) is 0 Å². The largest absolute Gasteiger partial charge is 0.390 e. The van der Waals surface area contributed by atoms with Gasteiger partial charge in [-0.3, -0.25) is 0 Å². The van der Waals surface area contributed by atoms with Crippen molar-refractivity contribution in [2.75, 3.05) is 0 Å². The van der Waals surface area contributed by atoms with Crippen molar-refractivity contribution in [1.82, 2.24) is 0 Å². The minimum atomic E-state index is -0.297. The first-order valence-corrected chi connectivity index (χ1v) is 5.92. The fraction of sp³-hybridized carbons (Fsp3) is 1.00. The fourth-order valence-electron chi connectivity index (χ4n) is 2.53. The highest BCUT2D eigenvalue weighted by Gasteiger charge is 2.30. The predicted molar refractivity (Wildman–Crippen MR) is 56.7 cm³/mol. The molecule has 78 valence electrons. The van der Waals surface area contributed by atoms with Crippen LogP contribution in [0.3, 0.4) is 0 Å². The van der Waals surface area contributed by atoms with Crippen molar-refractivity contribution in [3.63, 3.8) is 0 Å². The van der Waals surface area contributed by atoms with Gasteiger partial charge in [-0.1, -0.05) is 46.0 Å². The maximum Gasteiger partial charge on any atom is 0.0650 e. The highest BCUT2D eigenvalue weighted by atomic mass is 16.3. The number of hydrogen-bond donors (Lipinski definition) is 1. The second-order valence-corrected chi connectivity index (χ2v) is 4.67. The second kappa shape index (κ2) is 4.99. The number of aliphatic hydroxyl groups is 1. The Morgan fingerprint density at radius 1 is 1.08 bits per heavy atom. The third-order valence-corrected chi connectivity index (χ3v) is 3.61. The highest BCUT2D eigenvalue weighted by Crippen LogP contribution is 2.34. The first-order chi connectivity index (χ1) is 6.20. The zero-order valence-corrected chi connectivity index (χ0v) is 9.18. The SMILES string of the molecule is CCC(CC)CC1(O)CCCCC1. The van der Waals surface area contributed by atoms with Gasteiger partial charge in [0.25, 0.3) is 0 Å². The summed E-state index contributed by atoms with van der Waals surface area (Å²) in [4.78, 5) is 0. The second-order valence-electron chi connectivity index (χ2n) is 4.67. The molecule has 1 nitrogen and oxygen atoms in total. The molecule has 1 aliphatic rings. The van der Waals surface area contributed by atoms with E-state index in [0.717, 1.165) is 25.2 Å². The lowest BCUT2D eigenvalue weighted by molar-refractivity contribution is -0.0185. The first kappa shape index (κ1) is 11.0. The molecule has 0 radical (unpaired) electrons. The lowest BCUT2D eigenvalue weighted by Gasteiger charge is -2.34. The third kappa shape index (κ3) is 3.30. The molecule has 0 aliphatic heterocycles. The van der Waals surface area contributed by atoms with E-state index in [1.165, 1.54) is 32.1 Å². The van der Waals surface area contributed by atoms with Gasteiger partial charge < -0.3 is 5.11 Å². The van der Waals surface area contributed by atoms with E-state index in [0.29, 0.717) is 0 Å². The fourth-order valence-corrected chi connectivity index (χ4v) is 2.53. The van der Waals surface area contributed by atoms with Gasteiger partial charge in [0.15, 0.2) is 0 Å².